The van der Waals surface area contributed by atoms with Crippen molar-refractivity contribution in [1.82, 2.24) is 0 Å². The molecular formula is C19H25FO2. The molecule has 0 spiro atoms. The molecule has 0 saturated heterocycles. The Morgan fingerprint density at radius 3 is 2.05 bits per heavy atom. The topological polar surface area (TPSA) is 34.1 Å². The van der Waals surface area contributed by atoms with E-state index in [0.29, 0.717) is 5.92 Å². The summed E-state index contributed by atoms with van der Waals surface area (Å²) in [5.74, 6) is 0.199. The van der Waals surface area contributed by atoms with Gasteiger partial charge in [-0.2, -0.15) is 0 Å². The Hall–Kier alpha value is -1.51. The van der Waals surface area contributed by atoms with Crippen molar-refractivity contribution in [2.45, 2.75) is 57.8 Å². The van der Waals surface area contributed by atoms with E-state index in [0.717, 1.165) is 63.1 Å². The van der Waals surface area contributed by atoms with Crippen molar-refractivity contribution in [2.75, 3.05) is 0 Å². The van der Waals surface area contributed by atoms with Crippen LogP contribution in [0.25, 0.3) is 0 Å². The molecular weight excluding hydrogens is 279 g/mol. The smallest absolute Gasteiger partial charge is 0.126 e. The van der Waals surface area contributed by atoms with Crippen LogP contribution in [-0.4, -0.2) is 12.6 Å². The second-order valence-electron chi connectivity index (χ2n) is 6.67. The van der Waals surface area contributed by atoms with Crippen molar-refractivity contribution in [3.63, 3.8) is 0 Å². The lowest BCUT2D eigenvalue weighted by Crippen LogP contribution is -2.21. The number of rotatable bonds is 4. The van der Waals surface area contributed by atoms with Gasteiger partial charge in [-0.1, -0.05) is 37.8 Å². The zero-order chi connectivity index (χ0) is 15.8. The summed E-state index contributed by atoms with van der Waals surface area (Å²) in [6.45, 7) is 0. The van der Waals surface area contributed by atoms with Gasteiger partial charge in [-0.05, 0) is 49.8 Å². The van der Waals surface area contributed by atoms with Crippen molar-refractivity contribution < 1.29 is 14.0 Å². The quantitative estimate of drug-likeness (QED) is 0.767. The van der Waals surface area contributed by atoms with Crippen LogP contribution in [0.2, 0.25) is 0 Å². The summed E-state index contributed by atoms with van der Waals surface area (Å²) in [6, 6.07) is 6.48. The minimum Gasteiger partial charge on any atom is -0.303 e. The van der Waals surface area contributed by atoms with Crippen LogP contribution in [0.1, 0.15) is 56.9 Å². The Kier molecular flexibility index (Phi) is 6.29. The third kappa shape index (κ3) is 4.75. The maximum absolute atomic E-state index is 12.7. The third-order valence-corrected chi connectivity index (χ3v) is 4.91. The van der Waals surface area contributed by atoms with Crippen LogP contribution in [-0.2, 0) is 16.0 Å². The van der Waals surface area contributed by atoms with Crippen molar-refractivity contribution >= 4 is 12.6 Å². The molecule has 0 unspecified atom stereocenters. The fraction of sp³-hybridized carbons (Fsp3) is 0.579. The van der Waals surface area contributed by atoms with Gasteiger partial charge in [0.15, 0.2) is 0 Å². The van der Waals surface area contributed by atoms with Gasteiger partial charge >= 0.3 is 0 Å². The molecule has 2 aliphatic carbocycles. The van der Waals surface area contributed by atoms with Crippen LogP contribution >= 0.6 is 0 Å². The predicted molar refractivity (Wildman–Crippen MR) is 85.1 cm³/mol. The summed E-state index contributed by atoms with van der Waals surface area (Å²) in [4.78, 5) is 21.1. The normalized spacial score (nSPS) is 20.2. The van der Waals surface area contributed by atoms with Crippen LogP contribution in [0.15, 0.2) is 24.3 Å². The summed E-state index contributed by atoms with van der Waals surface area (Å²) >= 11 is 0. The molecule has 120 valence electrons. The fourth-order valence-corrected chi connectivity index (χ4v) is 3.52. The largest absolute Gasteiger partial charge is 0.303 e. The number of carbonyl (C=O) groups is 2. The third-order valence-electron chi connectivity index (χ3n) is 4.91. The molecule has 3 rings (SSSR count). The second kappa shape index (κ2) is 8.21. The first-order valence-electron chi connectivity index (χ1n) is 8.33. The summed E-state index contributed by atoms with van der Waals surface area (Å²) in [6.07, 6.45) is 12.0. The van der Waals surface area contributed by atoms with Crippen LogP contribution in [0, 0.1) is 17.2 Å². The average molecular weight is 304 g/mol. The van der Waals surface area contributed by atoms with E-state index in [-0.39, 0.29) is 11.2 Å². The van der Waals surface area contributed by atoms with Gasteiger partial charge in [-0.25, -0.2) is 4.39 Å². The molecule has 0 bridgehead atoms. The Labute approximate surface area is 132 Å². The van der Waals surface area contributed by atoms with Gasteiger partial charge in [0.1, 0.15) is 18.4 Å². The number of carbonyl (C=O) groups excluding carboxylic acids is 2. The van der Waals surface area contributed by atoms with Crippen LogP contribution in [0.3, 0.4) is 0 Å². The number of halogens is 1. The first kappa shape index (κ1) is 16.9. The lowest BCUT2D eigenvalue weighted by atomic mass is 9.81. The molecule has 2 fully saturated rings. The molecule has 0 heterocycles. The van der Waals surface area contributed by atoms with Crippen molar-refractivity contribution in [3.8, 4) is 0 Å². The zero-order valence-corrected chi connectivity index (χ0v) is 13.1. The lowest BCUT2D eigenvalue weighted by molar-refractivity contribution is -0.116. The molecule has 0 aliphatic heterocycles. The van der Waals surface area contributed by atoms with Gasteiger partial charge in [0.2, 0.25) is 0 Å². The molecule has 0 amide bonds. The van der Waals surface area contributed by atoms with Gasteiger partial charge in [0.25, 0.3) is 0 Å². The van der Waals surface area contributed by atoms with Crippen LogP contribution in [0.4, 0.5) is 4.39 Å². The van der Waals surface area contributed by atoms with E-state index in [4.69, 9.17) is 0 Å². The maximum Gasteiger partial charge on any atom is 0.126 e. The van der Waals surface area contributed by atoms with E-state index >= 15 is 0 Å². The SMILES string of the molecule is O=CC1(Cc2ccc(F)cc2)CCCC1.O=CC1CCCC1. The number of benzene rings is 1. The van der Waals surface area contributed by atoms with E-state index in [1.807, 2.05) is 0 Å². The van der Waals surface area contributed by atoms with Gasteiger partial charge in [0.05, 0.1) is 0 Å². The fourth-order valence-electron chi connectivity index (χ4n) is 3.52. The number of hydrogen-bond donors (Lipinski definition) is 0. The van der Waals surface area contributed by atoms with E-state index < -0.39 is 0 Å². The lowest BCUT2D eigenvalue weighted by Gasteiger charge is -2.21. The number of aldehydes is 2. The highest BCUT2D eigenvalue weighted by Gasteiger charge is 2.33. The van der Waals surface area contributed by atoms with Crippen molar-refractivity contribution in [3.05, 3.63) is 35.6 Å². The van der Waals surface area contributed by atoms with Crippen LogP contribution in [0.5, 0.6) is 0 Å². The highest BCUT2D eigenvalue weighted by atomic mass is 19.1. The van der Waals surface area contributed by atoms with Crippen molar-refractivity contribution in [2.24, 2.45) is 11.3 Å². The number of hydrogen-bond acceptors (Lipinski definition) is 2. The maximum atomic E-state index is 12.7. The summed E-state index contributed by atoms with van der Waals surface area (Å²) in [7, 11) is 0. The molecule has 2 aliphatic rings. The van der Waals surface area contributed by atoms with Crippen LogP contribution < -0.4 is 0 Å². The van der Waals surface area contributed by atoms with E-state index in [9.17, 15) is 14.0 Å². The molecule has 2 nitrogen and oxygen atoms in total. The summed E-state index contributed by atoms with van der Waals surface area (Å²) in [5.41, 5.74) is 0.892. The van der Waals surface area contributed by atoms with E-state index in [2.05, 4.69) is 0 Å². The standard InChI is InChI=1S/C13H15FO.C6H10O/c14-12-5-3-11(4-6-12)9-13(10-15)7-1-2-8-13;7-5-6-3-1-2-4-6/h3-6,10H,1-2,7-9H2;5-6H,1-4H2. The molecule has 22 heavy (non-hydrogen) atoms. The second-order valence-corrected chi connectivity index (χ2v) is 6.67. The predicted octanol–water partition coefficient (Wildman–Crippen LogP) is 4.50. The summed E-state index contributed by atoms with van der Waals surface area (Å²) in [5, 5.41) is 0. The van der Waals surface area contributed by atoms with E-state index in [1.165, 1.54) is 25.0 Å². The van der Waals surface area contributed by atoms with Gasteiger partial charge in [0, 0.05) is 11.3 Å². The average Bonchev–Trinajstić information content (AvgIpc) is 3.22. The van der Waals surface area contributed by atoms with Gasteiger partial charge in [-0.3, -0.25) is 0 Å². The first-order valence-corrected chi connectivity index (χ1v) is 8.33. The first-order chi connectivity index (χ1) is 10.7. The zero-order valence-electron chi connectivity index (χ0n) is 13.1. The highest BCUT2D eigenvalue weighted by Crippen LogP contribution is 2.39. The monoisotopic (exact) mass is 304 g/mol. The minimum atomic E-state index is -0.217. The van der Waals surface area contributed by atoms with Crippen molar-refractivity contribution in [1.29, 1.82) is 0 Å². The van der Waals surface area contributed by atoms with Gasteiger partial charge < -0.3 is 9.59 Å². The van der Waals surface area contributed by atoms with Gasteiger partial charge in [-0.15, -0.1) is 0 Å². The molecule has 0 N–H and O–H groups in total. The molecule has 1 aromatic carbocycles. The molecule has 3 heteroatoms. The Bertz CT molecular complexity index is 469. The summed E-state index contributed by atoms with van der Waals surface area (Å²) < 4.78 is 12.7. The Morgan fingerprint density at radius 1 is 1.00 bits per heavy atom. The molecule has 0 aromatic heterocycles. The molecule has 1 aromatic rings. The minimum absolute atomic E-state index is 0.169. The van der Waals surface area contributed by atoms with E-state index in [1.54, 1.807) is 12.1 Å². The molecule has 2 saturated carbocycles. The Morgan fingerprint density at radius 2 is 1.59 bits per heavy atom. The molecule has 0 atom stereocenters. The Balaban J connectivity index is 0.000000211. The highest BCUT2D eigenvalue weighted by molar-refractivity contribution is 5.60. The molecule has 0 radical (unpaired) electrons.